The van der Waals surface area contributed by atoms with Gasteiger partial charge in [-0.3, -0.25) is 0 Å². The number of halogens is 2. The molecule has 0 aliphatic heterocycles. The zero-order chi connectivity index (χ0) is 15.3. The number of likely N-dealkylation sites (N-methyl/N-ethyl adjacent to an activating group) is 1. The van der Waals surface area contributed by atoms with E-state index in [1.165, 1.54) is 12.3 Å². The summed E-state index contributed by atoms with van der Waals surface area (Å²) >= 11 is 9.06. The monoisotopic (exact) mass is 383 g/mol. The number of sulfonamides is 1. The molecule has 1 aromatic heterocycles. The number of hydrogen-bond donors (Lipinski definition) is 1. The van der Waals surface area contributed by atoms with Crippen molar-refractivity contribution < 1.29 is 8.42 Å². The molecule has 0 spiro atoms. The lowest BCUT2D eigenvalue weighted by atomic mass is 10.3. The molecular formula is C12H19BrClN3O2S. The predicted molar refractivity (Wildman–Crippen MR) is 84.5 cm³/mol. The zero-order valence-corrected chi connectivity index (χ0v) is 14.9. The van der Waals surface area contributed by atoms with Gasteiger partial charge in [-0.2, -0.15) is 0 Å². The van der Waals surface area contributed by atoms with Crippen LogP contribution in [-0.2, 0) is 10.0 Å². The molecule has 0 fully saturated rings. The molecule has 1 N–H and O–H groups in total. The molecule has 1 unspecified atom stereocenters. The van der Waals surface area contributed by atoms with Gasteiger partial charge in [0.25, 0.3) is 0 Å². The zero-order valence-electron chi connectivity index (χ0n) is 11.7. The van der Waals surface area contributed by atoms with Crippen LogP contribution in [0.3, 0.4) is 0 Å². The number of hydrogen-bond acceptors (Lipinski definition) is 4. The Bertz CT molecular complexity index is 550. The van der Waals surface area contributed by atoms with Gasteiger partial charge < -0.3 is 4.90 Å². The van der Waals surface area contributed by atoms with Crippen LogP contribution in [0.5, 0.6) is 0 Å². The van der Waals surface area contributed by atoms with E-state index in [1.807, 2.05) is 20.8 Å². The van der Waals surface area contributed by atoms with E-state index in [9.17, 15) is 8.42 Å². The van der Waals surface area contributed by atoms with Gasteiger partial charge >= 0.3 is 0 Å². The largest absolute Gasteiger partial charge is 0.302 e. The standard InChI is InChI=1S/C12H19BrClN3O2S/c1-4-17(5-2)8-9(3)16-20(18,19)11-6-10(13)7-15-12(11)14/h6-7,9,16H,4-5,8H2,1-3H3. The lowest BCUT2D eigenvalue weighted by Crippen LogP contribution is -2.41. The predicted octanol–water partition coefficient (Wildman–Crippen LogP) is 2.51. The second kappa shape index (κ2) is 7.70. The van der Waals surface area contributed by atoms with Gasteiger partial charge in [0.15, 0.2) is 0 Å². The molecule has 8 heteroatoms. The molecule has 0 aliphatic rings. The highest BCUT2D eigenvalue weighted by molar-refractivity contribution is 9.10. The average Bonchev–Trinajstić information content (AvgIpc) is 2.38. The van der Waals surface area contributed by atoms with Crippen LogP contribution in [0, 0.1) is 0 Å². The number of nitrogens with zero attached hydrogens (tertiary/aromatic N) is 2. The first-order valence-electron chi connectivity index (χ1n) is 6.35. The molecule has 1 heterocycles. The Morgan fingerprint density at radius 1 is 1.45 bits per heavy atom. The highest BCUT2D eigenvalue weighted by Crippen LogP contribution is 2.22. The van der Waals surface area contributed by atoms with Crippen molar-refractivity contribution in [3.8, 4) is 0 Å². The van der Waals surface area contributed by atoms with Crippen molar-refractivity contribution >= 4 is 37.6 Å². The Hall–Kier alpha value is -0.210. The Labute approximate surface area is 133 Å². The maximum absolute atomic E-state index is 12.3. The van der Waals surface area contributed by atoms with Crippen molar-refractivity contribution in [2.75, 3.05) is 19.6 Å². The highest BCUT2D eigenvalue weighted by atomic mass is 79.9. The summed E-state index contributed by atoms with van der Waals surface area (Å²) in [7, 11) is -3.68. The fraction of sp³-hybridized carbons (Fsp3) is 0.583. The van der Waals surface area contributed by atoms with E-state index < -0.39 is 10.0 Å². The van der Waals surface area contributed by atoms with Gasteiger partial charge in [-0.05, 0) is 42.0 Å². The van der Waals surface area contributed by atoms with Crippen LogP contribution in [0.15, 0.2) is 21.6 Å². The fourth-order valence-corrected chi connectivity index (χ4v) is 4.01. The molecule has 0 saturated carbocycles. The minimum absolute atomic E-state index is 0.0139. The van der Waals surface area contributed by atoms with E-state index in [-0.39, 0.29) is 16.1 Å². The first kappa shape index (κ1) is 17.8. The van der Waals surface area contributed by atoms with Gasteiger partial charge in [-0.25, -0.2) is 18.1 Å². The second-order valence-corrected chi connectivity index (χ2v) is 7.41. The highest BCUT2D eigenvalue weighted by Gasteiger charge is 2.22. The number of nitrogens with one attached hydrogen (secondary N) is 1. The molecule has 5 nitrogen and oxygen atoms in total. The first-order chi connectivity index (χ1) is 9.30. The summed E-state index contributed by atoms with van der Waals surface area (Å²) in [6, 6.07) is 1.23. The number of pyridine rings is 1. The number of rotatable bonds is 7. The van der Waals surface area contributed by atoms with Crippen LogP contribution >= 0.6 is 27.5 Å². The quantitative estimate of drug-likeness (QED) is 0.734. The van der Waals surface area contributed by atoms with Gasteiger partial charge in [0, 0.05) is 23.3 Å². The summed E-state index contributed by atoms with van der Waals surface area (Å²) in [6.45, 7) is 8.31. The van der Waals surface area contributed by atoms with Gasteiger partial charge in [0.1, 0.15) is 10.0 Å². The molecule has 1 rings (SSSR count). The van der Waals surface area contributed by atoms with E-state index >= 15 is 0 Å². The fourth-order valence-electron chi connectivity index (χ4n) is 1.83. The topological polar surface area (TPSA) is 62.3 Å². The van der Waals surface area contributed by atoms with Crippen molar-refractivity contribution in [3.05, 3.63) is 21.9 Å². The van der Waals surface area contributed by atoms with E-state index in [2.05, 4.69) is 30.5 Å². The molecule has 0 aromatic carbocycles. The third kappa shape index (κ3) is 4.96. The van der Waals surface area contributed by atoms with Crippen LogP contribution in [0.25, 0.3) is 0 Å². The Morgan fingerprint density at radius 2 is 2.05 bits per heavy atom. The summed E-state index contributed by atoms with van der Waals surface area (Å²) in [5.41, 5.74) is 0. The van der Waals surface area contributed by atoms with E-state index in [0.717, 1.165) is 13.1 Å². The van der Waals surface area contributed by atoms with Crippen LogP contribution in [-0.4, -0.2) is 44.0 Å². The average molecular weight is 385 g/mol. The van der Waals surface area contributed by atoms with Crippen LogP contribution in [0.1, 0.15) is 20.8 Å². The molecule has 0 radical (unpaired) electrons. The van der Waals surface area contributed by atoms with Crippen molar-refractivity contribution in [2.24, 2.45) is 0 Å². The lowest BCUT2D eigenvalue weighted by molar-refractivity contribution is 0.282. The lowest BCUT2D eigenvalue weighted by Gasteiger charge is -2.23. The Morgan fingerprint density at radius 3 is 2.60 bits per heavy atom. The van der Waals surface area contributed by atoms with Gasteiger partial charge in [0.05, 0.1) is 0 Å². The Kier molecular flexibility index (Phi) is 6.87. The molecule has 0 saturated heterocycles. The molecule has 1 atom stereocenters. The van der Waals surface area contributed by atoms with Gasteiger partial charge in [-0.1, -0.05) is 25.4 Å². The summed E-state index contributed by atoms with van der Waals surface area (Å²) in [5.74, 6) is 0. The minimum atomic E-state index is -3.68. The van der Waals surface area contributed by atoms with E-state index in [0.29, 0.717) is 11.0 Å². The van der Waals surface area contributed by atoms with E-state index in [4.69, 9.17) is 11.6 Å². The van der Waals surface area contributed by atoms with Crippen LogP contribution in [0.4, 0.5) is 0 Å². The third-order valence-electron chi connectivity index (χ3n) is 2.85. The van der Waals surface area contributed by atoms with Crippen molar-refractivity contribution in [3.63, 3.8) is 0 Å². The molecule has 0 bridgehead atoms. The maximum atomic E-state index is 12.3. The van der Waals surface area contributed by atoms with Gasteiger partial charge in [-0.15, -0.1) is 0 Å². The second-order valence-electron chi connectivity index (χ2n) is 4.45. The van der Waals surface area contributed by atoms with Gasteiger partial charge in [0.2, 0.25) is 10.0 Å². The SMILES string of the molecule is CCN(CC)CC(C)NS(=O)(=O)c1cc(Br)cnc1Cl. The van der Waals surface area contributed by atoms with Crippen molar-refractivity contribution in [1.29, 1.82) is 0 Å². The third-order valence-corrected chi connectivity index (χ3v) is 5.30. The van der Waals surface area contributed by atoms with E-state index in [1.54, 1.807) is 0 Å². The summed E-state index contributed by atoms with van der Waals surface area (Å²) in [5, 5.41) is -0.0317. The molecular weight excluding hydrogens is 366 g/mol. The molecule has 0 aliphatic carbocycles. The normalized spacial score (nSPS) is 13.7. The number of aromatic nitrogens is 1. The van der Waals surface area contributed by atoms with Crippen molar-refractivity contribution in [2.45, 2.75) is 31.7 Å². The molecule has 0 amide bonds. The minimum Gasteiger partial charge on any atom is -0.302 e. The van der Waals surface area contributed by atoms with Crippen LogP contribution < -0.4 is 4.72 Å². The maximum Gasteiger partial charge on any atom is 0.243 e. The molecule has 114 valence electrons. The smallest absolute Gasteiger partial charge is 0.243 e. The summed E-state index contributed by atoms with van der Waals surface area (Å²) in [4.78, 5) is 5.97. The van der Waals surface area contributed by atoms with Crippen molar-refractivity contribution in [1.82, 2.24) is 14.6 Å². The summed E-state index contributed by atoms with van der Waals surface area (Å²) < 4.78 is 27.8. The molecule has 1 aromatic rings. The van der Waals surface area contributed by atoms with Crippen LogP contribution in [0.2, 0.25) is 5.15 Å². The Balaban J connectivity index is 2.87. The first-order valence-corrected chi connectivity index (χ1v) is 9.01. The summed E-state index contributed by atoms with van der Waals surface area (Å²) in [6.07, 6.45) is 1.46. The molecule has 20 heavy (non-hydrogen) atoms.